The molecule has 1 unspecified atom stereocenters. The molecule has 1 saturated carbocycles. The quantitative estimate of drug-likeness (QED) is 0.640. The minimum atomic E-state index is -0.873. The Morgan fingerprint density at radius 2 is 2.33 bits per heavy atom. The zero-order valence-corrected chi connectivity index (χ0v) is 10.1. The molecule has 8 heteroatoms. The fourth-order valence-corrected chi connectivity index (χ4v) is 1.47. The molecule has 0 aliphatic heterocycles. The van der Waals surface area contributed by atoms with E-state index in [0.717, 1.165) is 5.69 Å². The highest BCUT2D eigenvalue weighted by Gasteiger charge is 2.21. The third-order valence-corrected chi connectivity index (χ3v) is 2.73. The zero-order chi connectivity index (χ0) is 13.1. The number of urea groups is 1. The van der Waals surface area contributed by atoms with E-state index < -0.39 is 18.0 Å². The lowest BCUT2D eigenvalue weighted by atomic mass is 10.3. The number of aromatic nitrogens is 3. The molecule has 98 valence electrons. The lowest BCUT2D eigenvalue weighted by Crippen LogP contribution is -2.39. The summed E-state index contributed by atoms with van der Waals surface area (Å²) in [5.41, 5.74) is 5.64. The Bertz CT molecular complexity index is 453. The molecule has 3 amide bonds. The van der Waals surface area contributed by atoms with Gasteiger partial charge in [0.15, 0.2) is 0 Å². The average Bonchev–Trinajstić information content (AvgIpc) is 3.02. The van der Waals surface area contributed by atoms with Gasteiger partial charge in [-0.05, 0) is 19.8 Å². The van der Waals surface area contributed by atoms with Crippen molar-refractivity contribution in [2.24, 2.45) is 5.73 Å². The van der Waals surface area contributed by atoms with E-state index in [-0.39, 0.29) is 0 Å². The summed E-state index contributed by atoms with van der Waals surface area (Å²) in [5.74, 6) is -0.505. The number of nitrogens with two attached hydrogens (primary N) is 1. The lowest BCUT2D eigenvalue weighted by Gasteiger charge is -2.09. The van der Waals surface area contributed by atoms with E-state index in [9.17, 15) is 9.59 Å². The first-order valence-corrected chi connectivity index (χ1v) is 5.80. The van der Waals surface area contributed by atoms with Crippen molar-refractivity contribution in [2.45, 2.75) is 38.4 Å². The van der Waals surface area contributed by atoms with Crippen molar-refractivity contribution in [1.29, 1.82) is 0 Å². The summed E-state index contributed by atoms with van der Waals surface area (Å²) >= 11 is 0. The van der Waals surface area contributed by atoms with Crippen molar-refractivity contribution in [2.75, 3.05) is 0 Å². The molecule has 1 aliphatic rings. The molecule has 1 atom stereocenters. The minimum absolute atomic E-state index is 0.505. The molecule has 1 heterocycles. The van der Waals surface area contributed by atoms with Gasteiger partial charge >= 0.3 is 6.03 Å². The fourth-order valence-electron chi connectivity index (χ4n) is 1.47. The Morgan fingerprint density at radius 1 is 1.61 bits per heavy atom. The Labute approximate surface area is 104 Å². The summed E-state index contributed by atoms with van der Waals surface area (Å²) in [6.45, 7) is 2.25. The first-order valence-electron chi connectivity index (χ1n) is 5.80. The van der Waals surface area contributed by atoms with Crippen molar-refractivity contribution < 1.29 is 9.59 Å². The van der Waals surface area contributed by atoms with Gasteiger partial charge in [-0.25, -0.2) is 9.48 Å². The molecule has 0 saturated heterocycles. The van der Waals surface area contributed by atoms with Gasteiger partial charge in [-0.15, -0.1) is 5.10 Å². The van der Waals surface area contributed by atoms with Crippen molar-refractivity contribution in [1.82, 2.24) is 25.6 Å². The predicted octanol–water partition coefficient (Wildman–Crippen LogP) is -0.714. The van der Waals surface area contributed by atoms with Crippen LogP contribution in [0.1, 0.15) is 31.5 Å². The first kappa shape index (κ1) is 12.5. The third kappa shape index (κ3) is 3.27. The second kappa shape index (κ2) is 5.13. The van der Waals surface area contributed by atoms with Crippen molar-refractivity contribution >= 4 is 11.9 Å². The minimum Gasteiger partial charge on any atom is -0.351 e. The molecule has 1 aliphatic carbocycles. The van der Waals surface area contributed by atoms with Crippen LogP contribution < -0.4 is 16.4 Å². The van der Waals surface area contributed by atoms with Crippen LogP contribution in [0.25, 0.3) is 0 Å². The Kier molecular flexibility index (Phi) is 3.56. The Morgan fingerprint density at radius 3 is 2.94 bits per heavy atom. The maximum atomic E-state index is 11.5. The SMILES string of the molecule is CC(C(=O)NC(N)=O)n1cc(CNC2CC2)nn1. The number of amides is 3. The highest BCUT2D eigenvalue weighted by atomic mass is 16.2. The number of imide groups is 1. The molecule has 0 aromatic carbocycles. The number of carbonyl (C=O) groups is 2. The number of hydrogen-bond acceptors (Lipinski definition) is 5. The maximum absolute atomic E-state index is 11.5. The maximum Gasteiger partial charge on any atom is 0.318 e. The van der Waals surface area contributed by atoms with E-state index in [4.69, 9.17) is 5.73 Å². The molecule has 0 bridgehead atoms. The highest BCUT2D eigenvalue weighted by Crippen LogP contribution is 2.19. The second-order valence-corrected chi connectivity index (χ2v) is 4.37. The summed E-state index contributed by atoms with van der Waals surface area (Å²) in [6.07, 6.45) is 4.08. The van der Waals surface area contributed by atoms with Gasteiger partial charge in [-0.3, -0.25) is 10.1 Å². The normalized spacial score (nSPS) is 16.3. The van der Waals surface area contributed by atoms with Crippen LogP contribution in [-0.4, -0.2) is 33.0 Å². The van der Waals surface area contributed by atoms with Gasteiger partial charge in [0.2, 0.25) is 0 Å². The average molecular weight is 252 g/mol. The second-order valence-electron chi connectivity index (χ2n) is 4.37. The monoisotopic (exact) mass is 252 g/mol. The molecule has 1 aromatic heterocycles. The predicted molar refractivity (Wildman–Crippen MR) is 62.3 cm³/mol. The van der Waals surface area contributed by atoms with Crippen molar-refractivity contribution in [3.05, 3.63) is 11.9 Å². The summed E-state index contributed by atoms with van der Waals surface area (Å²) in [6, 6.07) is -0.909. The molecule has 0 radical (unpaired) electrons. The number of nitrogens with zero attached hydrogens (tertiary/aromatic N) is 3. The molecule has 0 spiro atoms. The fraction of sp³-hybridized carbons (Fsp3) is 0.600. The molecule has 1 fully saturated rings. The molecule has 8 nitrogen and oxygen atoms in total. The van der Waals surface area contributed by atoms with Crippen LogP contribution in [0.3, 0.4) is 0 Å². The number of carbonyl (C=O) groups excluding carboxylic acids is 2. The largest absolute Gasteiger partial charge is 0.351 e. The van der Waals surface area contributed by atoms with Gasteiger partial charge in [-0.2, -0.15) is 0 Å². The van der Waals surface area contributed by atoms with Crippen LogP contribution in [0.4, 0.5) is 4.79 Å². The summed E-state index contributed by atoms with van der Waals surface area (Å²) in [4.78, 5) is 22.1. The van der Waals surface area contributed by atoms with E-state index in [1.165, 1.54) is 17.5 Å². The van der Waals surface area contributed by atoms with Gasteiger partial charge in [-0.1, -0.05) is 5.21 Å². The van der Waals surface area contributed by atoms with Crippen molar-refractivity contribution in [3.8, 4) is 0 Å². The van der Waals surface area contributed by atoms with Crippen LogP contribution in [0, 0.1) is 0 Å². The van der Waals surface area contributed by atoms with Crippen LogP contribution in [0.2, 0.25) is 0 Å². The van der Waals surface area contributed by atoms with Gasteiger partial charge in [0.1, 0.15) is 6.04 Å². The summed E-state index contributed by atoms with van der Waals surface area (Å²) < 4.78 is 1.40. The molecule has 18 heavy (non-hydrogen) atoms. The summed E-state index contributed by atoms with van der Waals surface area (Å²) in [7, 11) is 0. The van der Waals surface area contributed by atoms with Crippen LogP contribution >= 0.6 is 0 Å². The Balaban J connectivity index is 1.90. The smallest absolute Gasteiger partial charge is 0.318 e. The first-order chi connectivity index (χ1) is 8.56. The molecule has 2 rings (SSSR count). The van der Waals surface area contributed by atoms with Gasteiger partial charge in [0, 0.05) is 12.6 Å². The Hall–Kier alpha value is -1.96. The lowest BCUT2D eigenvalue weighted by molar-refractivity contribution is -0.123. The molecule has 4 N–H and O–H groups in total. The van der Waals surface area contributed by atoms with E-state index >= 15 is 0 Å². The van der Waals surface area contributed by atoms with Crippen LogP contribution in [0.15, 0.2) is 6.20 Å². The number of primary amides is 1. The van der Waals surface area contributed by atoms with Gasteiger partial charge in [0.25, 0.3) is 5.91 Å². The van der Waals surface area contributed by atoms with Crippen LogP contribution in [0.5, 0.6) is 0 Å². The van der Waals surface area contributed by atoms with E-state index in [1.807, 2.05) is 5.32 Å². The van der Waals surface area contributed by atoms with E-state index in [2.05, 4.69) is 15.6 Å². The number of rotatable bonds is 5. The third-order valence-electron chi connectivity index (χ3n) is 2.73. The molecule has 1 aromatic rings. The van der Waals surface area contributed by atoms with Crippen LogP contribution in [-0.2, 0) is 11.3 Å². The number of hydrogen-bond donors (Lipinski definition) is 3. The standard InChI is InChI=1S/C10H16N6O2/c1-6(9(17)13-10(11)18)16-5-8(14-15-16)4-12-7-2-3-7/h5-7,12H,2-4H2,1H3,(H3,11,13,17,18). The van der Waals surface area contributed by atoms with Gasteiger partial charge < -0.3 is 11.1 Å². The van der Waals surface area contributed by atoms with Crippen molar-refractivity contribution in [3.63, 3.8) is 0 Å². The topological polar surface area (TPSA) is 115 Å². The van der Waals surface area contributed by atoms with E-state index in [0.29, 0.717) is 12.6 Å². The highest BCUT2D eigenvalue weighted by molar-refractivity contribution is 5.95. The summed E-state index contributed by atoms with van der Waals surface area (Å²) in [5, 5.41) is 13.1. The molecular weight excluding hydrogens is 236 g/mol. The van der Waals surface area contributed by atoms with E-state index in [1.54, 1.807) is 13.1 Å². The van der Waals surface area contributed by atoms with Gasteiger partial charge in [0.05, 0.1) is 11.9 Å². The molecular formula is C10H16N6O2. The zero-order valence-electron chi connectivity index (χ0n) is 10.1. The number of nitrogens with one attached hydrogen (secondary N) is 2.